The van der Waals surface area contributed by atoms with Crippen LogP contribution in [0.3, 0.4) is 0 Å². The number of carbonyl (C=O) groups excluding carboxylic acids is 1. The maximum absolute atomic E-state index is 12.2. The maximum Gasteiger partial charge on any atom is 0.323 e. The van der Waals surface area contributed by atoms with Crippen LogP contribution in [0.15, 0.2) is 52.0 Å². The second-order valence-corrected chi connectivity index (χ2v) is 6.91. The maximum atomic E-state index is 12.2. The summed E-state index contributed by atoms with van der Waals surface area (Å²) in [5, 5.41) is 8.81. The molecule has 0 bridgehead atoms. The van der Waals surface area contributed by atoms with Gasteiger partial charge in [-0.3, -0.25) is 9.59 Å². The summed E-state index contributed by atoms with van der Waals surface area (Å²) in [5.41, 5.74) is 0.216. The summed E-state index contributed by atoms with van der Waals surface area (Å²) in [6, 6.07) is 8.61. The van der Waals surface area contributed by atoms with Crippen LogP contribution in [-0.4, -0.2) is 43.4 Å². The predicted octanol–water partition coefficient (Wildman–Crippen LogP) is 1.30. The van der Waals surface area contributed by atoms with Gasteiger partial charge in [-0.15, -0.1) is 0 Å². The summed E-state index contributed by atoms with van der Waals surface area (Å²) in [5.74, 6) is -1.11. The number of benzene rings is 1. The van der Waals surface area contributed by atoms with E-state index in [1.807, 2.05) is 0 Å². The molecule has 0 spiro atoms. The van der Waals surface area contributed by atoms with Gasteiger partial charge in [0.1, 0.15) is 12.3 Å². The molecule has 8 nitrogen and oxygen atoms in total. The lowest BCUT2D eigenvalue weighted by Crippen LogP contribution is -2.35. The molecule has 0 aliphatic heterocycles. The van der Waals surface area contributed by atoms with E-state index in [4.69, 9.17) is 9.52 Å². The normalized spacial score (nSPS) is 11.2. The Balaban J connectivity index is 2.10. The lowest BCUT2D eigenvalue weighted by Gasteiger charge is -2.18. The lowest BCUT2D eigenvalue weighted by molar-refractivity contribution is -0.137. The van der Waals surface area contributed by atoms with Crippen molar-refractivity contribution in [1.82, 2.24) is 9.62 Å². The second-order valence-electron chi connectivity index (χ2n) is 5.14. The van der Waals surface area contributed by atoms with Crippen molar-refractivity contribution >= 4 is 21.9 Å². The number of aliphatic carboxylic acids is 1. The number of carbonyl (C=O) groups is 2. The van der Waals surface area contributed by atoms with Crippen LogP contribution in [-0.2, 0) is 21.4 Å². The Morgan fingerprint density at radius 3 is 2.40 bits per heavy atom. The first kappa shape index (κ1) is 18.7. The average Bonchev–Trinajstić information content (AvgIpc) is 3.11. The molecule has 0 saturated heterocycles. The van der Waals surface area contributed by atoms with E-state index in [-0.39, 0.29) is 23.5 Å². The Labute approximate surface area is 145 Å². The minimum Gasteiger partial charge on any atom is -0.480 e. The number of amides is 1. The number of furan rings is 1. The van der Waals surface area contributed by atoms with Crippen molar-refractivity contribution in [2.75, 3.05) is 13.1 Å². The fraction of sp³-hybridized carbons (Fsp3) is 0.250. The summed E-state index contributed by atoms with van der Waals surface area (Å²) in [7, 11) is -3.75. The fourth-order valence-electron chi connectivity index (χ4n) is 2.11. The number of rotatable bonds is 8. The van der Waals surface area contributed by atoms with Crippen LogP contribution in [0.25, 0.3) is 0 Å². The summed E-state index contributed by atoms with van der Waals surface area (Å²) < 4.78 is 31.9. The van der Waals surface area contributed by atoms with Crippen molar-refractivity contribution in [1.29, 1.82) is 0 Å². The van der Waals surface area contributed by atoms with Gasteiger partial charge >= 0.3 is 5.97 Å². The first-order valence-corrected chi connectivity index (χ1v) is 8.95. The van der Waals surface area contributed by atoms with Gasteiger partial charge in [0.15, 0.2) is 0 Å². The van der Waals surface area contributed by atoms with Crippen molar-refractivity contribution in [3.05, 3.63) is 54.0 Å². The van der Waals surface area contributed by atoms with Gasteiger partial charge in [-0.2, -0.15) is 0 Å². The van der Waals surface area contributed by atoms with Crippen molar-refractivity contribution < 1.29 is 27.5 Å². The molecule has 0 saturated carbocycles. The van der Waals surface area contributed by atoms with Crippen LogP contribution in [0.5, 0.6) is 0 Å². The van der Waals surface area contributed by atoms with Crippen LogP contribution in [0, 0.1) is 0 Å². The van der Waals surface area contributed by atoms with Crippen LogP contribution in [0.4, 0.5) is 0 Å². The molecule has 0 aliphatic rings. The third-order valence-corrected chi connectivity index (χ3v) is 4.84. The van der Waals surface area contributed by atoms with Crippen LogP contribution in [0.2, 0.25) is 0 Å². The number of hydrogen-bond acceptors (Lipinski definition) is 5. The zero-order chi connectivity index (χ0) is 18.4. The first-order chi connectivity index (χ1) is 11.8. The van der Waals surface area contributed by atoms with Crippen molar-refractivity contribution in [2.24, 2.45) is 0 Å². The zero-order valence-corrected chi connectivity index (χ0v) is 14.3. The molecular formula is C16H18N2O6S. The summed E-state index contributed by atoms with van der Waals surface area (Å²) in [6.45, 7) is 1.49. The summed E-state index contributed by atoms with van der Waals surface area (Å²) in [6.07, 6.45) is 1.45. The molecule has 0 radical (unpaired) electrons. The van der Waals surface area contributed by atoms with Gasteiger partial charge in [0.05, 0.1) is 17.7 Å². The molecule has 0 unspecified atom stereocenters. The molecule has 0 atom stereocenters. The fourth-order valence-corrected chi connectivity index (χ4v) is 3.11. The van der Waals surface area contributed by atoms with Crippen molar-refractivity contribution in [2.45, 2.75) is 18.4 Å². The molecule has 2 aromatic rings. The van der Waals surface area contributed by atoms with E-state index in [1.54, 1.807) is 19.1 Å². The van der Waals surface area contributed by atoms with Gasteiger partial charge in [-0.05, 0) is 43.3 Å². The smallest absolute Gasteiger partial charge is 0.323 e. The van der Waals surface area contributed by atoms with E-state index in [0.717, 1.165) is 4.90 Å². The Kier molecular flexibility index (Phi) is 5.94. The van der Waals surface area contributed by atoms with E-state index in [9.17, 15) is 18.0 Å². The third-order valence-electron chi connectivity index (χ3n) is 3.42. The lowest BCUT2D eigenvalue weighted by atomic mass is 10.2. The topological polar surface area (TPSA) is 117 Å². The predicted molar refractivity (Wildman–Crippen MR) is 88.4 cm³/mol. The molecule has 0 aliphatic carbocycles. The molecule has 9 heteroatoms. The highest BCUT2D eigenvalue weighted by Gasteiger charge is 2.19. The summed E-state index contributed by atoms with van der Waals surface area (Å²) in [4.78, 5) is 24.2. The average molecular weight is 366 g/mol. The first-order valence-electron chi connectivity index (χ1n) is 7.46. The number of sulfonamides is 1. The Bertz CT molecular complexity index is 828. The molecule has 2 rings (SSSR count). The molecule has 1 aromatic carbocycles. The minimum atomic E-state index is -3.75. The van der Waals surface area contributed by atoms with Crippen molar-refractivity contribution in [3.63, 3.8) is 0 Å². The Morgan fingerprint density at radius 1 is 1.20 bits per heavy atom. The van der Waals surface area contributed by atoms with Gasteiger partial charge < -0.3 is 14.4 Å². The van der Waals surface area contributed by atoms with E-state index in [2.05, 4.69) is 4.72 Å². The van der Waals surface area contributed by atoms with E-state index in [0.29, 0.717) is 5.76 Å². The highest BCUT2D eigenvalue weighted by atomic mass is 32.2. The molecule has 0 fully saturated rings. The van der Waals surface area contributed by atoms with E-state index in [1.165, 1.54) is 30.5 Å². The number of nitrogens with zero attached hydrogens (tertiary/aromatic N) is 1. The Morgan fingerprint density at radius 2 is 1.88 bits per heavy atom. The molecular weight excluding hydrogens is 348 g/mol. The van der Waals surface area contributed by atoms with Crippen LogP contribution < -0.4 is 4.72 Å². The number of likely N-dealkylation sites (N-methyl/N-ethyl adjacent to an activating group) is 1. The quantitative estimate of drug-likeness (QED) is 0.727. The molecule has 1 aromatic heterocycles. The largest absolute Gasteiger partial charge is 0.480 e. The zero-order valence-electron chi connectivity index (χ0n) is 13.5. The van der Waals surface area contributed by atoms with E-state index < -0.39 is 28.4 Å². The standard InChI is InChI=1S/C16H18N2O6S/c1-2-18(11-15(19)20)16(21)12-5-7-14(8-6-12)25(22,23)17-10-13-4-3-9-24-13/h3-9,17H,2,10-11H2,1H3,(H,19,20). The van der Waals surface area contributed by atoms with Crippen LogP contribution >= 0.6 is 0 Å². The van der Waals surface area contributed by atoms with Crippen molar-refractivity contribution in [3.8, 4) is 0 Å². The van der Waals surface area contributed by atoms with E-state index >= 15 is 0 Å². The molecule has 2 N–H and O–H groups in total. The SMILES string of the molecule is CCN(CC(=O)O)C(=O)c1ccc(S(=O)(=O)NCc2ccco2)cc1. The number of nitrogens with one attached hydrogen (secondary N) is 1. The number of carboxylic acid groups (broad SMARTS) is 1. The van der Waals surface area contributed by atoms with Crippen LogP contribution in [0.1, 0.15) is 23.0 Å². The van der Waals surface area contributed by atoms with Gasteiger partial charge in [0.2, 0.25) is 10.0 Å². The second kappa shape index (κ2) is 7.95. The van der Waals surface area contributed by atoms with Gasteiger partial charge in [0.25, 0.3) is 5.91 Å². The highest BCUT2D eigenvalue weighted by molar-refractivity contribution is 7.89. The van der Waals surface area contributed by atoms with Gasteiger partial charge in [-0.25, -0.2) is 13.1 Å². The van der Waals surface area contributed by atoms with Gasteiger partial charge in [0, 0.05) is 12.1 Å². The number of hydrogen-bond donors (Lipinski definition) is 2. The minimum absolute atomic E-state index is 0.00288. The number of carboxylic acids is 1. The molecule has 1 heterocycles. The summed E-state index contributed by atoms with van der Waals surface area (Å²) >= 11 is 0. The Hall–Kier alpha value is -2.65. The molecule has 1 amide bonds. The highest BCUT2D eigenvalue weighted by Crippen LogP contribution is 2.13. The third kappa shape index (κ3) is 4.91. The monoisotopic (exact) mass is 366 g/mol. The molecule has 25 heavy (non-hydrogen) atoms. The van der Waals surface area contributed by atoms with Gasteiger partial charge in [-0.1, -0.05) is 0 Å². The molecule has 134 valence electrons.